The molecule has 4 rings (SSSR count). The quantitative estimate of drug-likeness (QED) is 0.143. The largest absolute Gasteiger partial charge is 0.403 e. The lowest BCUT2D eigenvalue weighted by atomic mass is 9.97. The zero-order chi connectivity index (χ0) is 31.3. The number of nitrogens with one attached hydrogen (secondary N) is 2. The number of hydrazine groups is 1. The molecule has 2 saturated carbocycles. The second-order valence-electron chi connectivity index (χ2n) is 10.5. The van der Waals surface area contributed by atoms with Crippen LogP contribution in [0.15, 0.2) is 30.4 Å². The van der Waals surface area contributed by atoms with Gasteiger partial charge in [-0.15, -0.1) is 0 Å². The Labute approximate surface area is 242 Å². The molecule has 2 fully saturated rings. The van der Waals surface area contributed by atoms with Crippen molar-refractivity contribution in [2.24, 2.45) is 11.6 Å². The highest BCUT2D eigenvalue weighted by atomic mass is 19.4. The maximum absolute atomic E-state index is 12.3. The molecule has 0 aliphatic heterocycles. The number of halogens is 5. The van der Waals surface area contributed by atoms with Crippen LogP contribution in [0.1, 0.15) is 89.3 Å². The Kier molecular flexibility index (Phi) is 13.4. The molecular weight excluding hydrogens is 563 g/mol. The number of imidazole rings is 1. The first-order valence-electron chi connectivity index (χ1n) is 14.0. The van der Waals surface area contributed by atoms with Crippen LogP contribution in [0.2, 0.25) is 0 Å². The van der Waals surface area contributed by atoms with Gasteiger partial charge < -0.3 is 21.4 Å². The lowest BCUT2D eigenvalue weighted by Gasteiger charge is -2.24. The third kappa shape index (κ3) is 13.4. The van der Waals surface area contributed by atoms with Crippen LogP contribution in [0.25, 0.3) is 5.65 Å². The maximum Gasteiger partial charge on any atom is 0.389 e. The van der Waals surface area contributed by atoms with E-state index in [1.165, 1.54) is 35.0 Å². The number of fused-ring (bicyclic) bond motifs is 1. The van der Waals surface area contributed by atoms with Crippen LogP contribution < -0.4 is 22.2 Å². The fourth-order valence-corrected chi connectivity index (χ4v) is 3.58. The van der Waals surface area contributed by atoms with Gasteiger partial charge in [-0.2, -0.15) is 18.3 Å². The Morgan fingerprint density at radius 2 is 1.71 bits per heavy atom. The number of alkyl halides is 5. The minimum absolute atomic E-state index is 0.0192. The van der Waals surface area contributed by atoms with Crippen LogP contribution in [-0.2, 0) is 22.7 Å². The van der Waals surface area contributed by atoms with Crippen molar-refractivity contribution < 1.29 is 31.5 Å². The fraction of sp³-hybridized carbons (Fsp3) is 0.630. The van der Waals surface area contributed by atoms with Gasteiger partial charge in [0.2, 0.25) is 11.8 Å². The average molecular weight is 605 g/mol. The van der Waals surface area contributed by atoms with Gasteiger partial charge in [0.15, 0.2) is 5.65 Å². The number of nitrogens with two attached hydrogens (primary N) is 2. The number of rotatable bonds is 9. The van der Waals surface area contributed by atoms with E-state index in [1.54, 1.807) is 26.1 Å². The molecule has 10 nitrogen and oxygen atoms in total. The summed E-state index contributed by atoms with van der Waals surface area (Å²) in [4.78, 5) is 28.2. The number of hydrogen-bond donors (Lipinski definition) is 4. The maximum atomic E-state index is 12.3. The van der Waals surface area contributed by atoms with Gasteiger partial charge in [-0.3, -0.25) is 9.59 Å². The molecule has 2 amide bonds. The molecule has 15 heteroatoms. The lowest BCUT2D eigenvalue weighted by molar-refractivity contribution is -0.144. The zero-order valence-electron chi connectivity index (χ0n) is 24.0. The number of aromatic nitrogens is 3. The van der Waals surface area contributed by atoms with Crippen LogP contribution in [0.4, 0.5) is 22.0 Å². The van der Waals surface area contributed by atoms with Gasteiger partial charge >= 0.3 is 6.18 Å². The molecular formula is C27H41F5N8O2. The predicted octanol–water partition coefficient (Wildman–Crippen LogP) is 4.44. The lowest BCUT2D eigenvalue weighted by Crippen LogP contribution is -2.43. The summed E-state index contributed by atoms with van der Waals surface area (Å²) < 4.78 is 62.4. The Balaban J connectivity index is 0.000000462. The van der Waals surface area contributed by atoms with E-state index >= 15 is 0 Å². The highest BCUT2D eigenvalue weighted by Gasteiger charge is 2.30. The molecule has 2 heterocycles. The zero-order valence-corrected chi connectivity index (χ0v) is 24.0. The first kappa shape index (κ1) is 34.7. The SMILES string of the molecule is C1CC1.CC(C)N(N)/C(=C\N)C(=O)NCc1cn2ncc(CNC(=O)CCC(F)(F)F)cc2n1.FC1(F)CCCCC1. The number of carbonyl (C=O) groups excluding carboxylic acids is 2. The summed E-state index contributed by atoms with van der Waals surface area (Å²) in [5.41, 5.74) is 7.13. The van der Waals surface area contributed by atoms with Crippen LogP contribution in [0, 0.1) is 0 Å². The van der Waals surface area contributed by atoms with E-state index in [-0.39, 0.29) is 37.7 Å². The Bertz CT molecular complexity index is 1170. The fourth-order valence-electron chi connectivity index (χ4n) is 3.58. The van der Waals surface area contributed by atoms with E-state index in [0.29, 0.717) is 29.7 Å². The van der Waals surface area contributed by atoms with E-state index in [1.807, 2.05) is 0 Å². The van der Waals surface area contributed by atoms with Crippen molar-refractivity contribution in [2.45, 2.75) is 109 Å². The highest BCUT2D eigenvalue weighted by molar-refractivity contribution is 5.92. The molecule has 2 aromatic heterocycles. The molecule has 0 radical (unpaired) electrons. The molecule has 0 spiro atoms. The minimum Gasteiger partial charge on any atom is -0.403 e. The van der Waals surface area contributed by atoms with Gasteiger partial charge in [0, 0.05) is 38.0 Å². The summed E-state index contributed by atoms with van der Waals surface area (Å²) in [6, 6.07) is 1.50. The van der Waals surface area contributed by atoms with Gasteiger partial charge in [0.05, 0.1) is 31.1 Å². The molecule has 0 atom stereocenters. The molecule has 0 aromatic carbocycles. The number of nitrogens with zero attached hydrogens (tertiary/aromatic N) is 4. The van der Waals surface area contributed by atoms with Crippen LogP contribution in [-0.4, -0.2) is 49.6 Å². The van der Waals surface area contributed by atoms with Gasteiger partial charge in [-0.05, 0) is 38.3 Å². The molecule has 2 aliphatic rings. The Morgan fingerprint density at radius 3 is 2.21 bits per heavy atom. The molecule has 42 heavy (non-hydrogen) atoms. The summed E-state index contributed by atoms with van der Waals surface area (Å²) in [6.45, 7) is 3.72. The highest BCUT2D eigenvalue weighted by Crippen LogP contribution is 2.32. The molecule has 236 valence electrons. The summed E-state index contributed by atoms with van der Waals surface area (Å²) in [7, 11) is 0. The molecule has 0 saturated heterocycles. The second-order valence-corrected chi connectivity index (χ2v) is 10.5. The summed E-state index contributed by atoms with van der Waals surface area (Å²) in [6.07, 6.45) is 5.16. The van der Waals surface area contributed by atoms with Crippen molar-refractivity contribution in [3.8, 4) is 0 Å². The van der Waals surface area contributed by atoms with Gasteiger partial charge in [-0.25, -0.2) is 24.1 Å². The number of hydrogen-bond acceptors (Lipinski definition) is 7. The van der Waals surface area contributed by atoms with Gasteiger partial charge in [0.25, 0.3) is 5.91 Å². The van der Waals surface area contributed by atoms with Crippen molar-refractivity contribution in [2.75, 3.05) is 0 Å². The number of amides is 2. The Morgan fingerprint density at radius 1 is 1.10 bits per heavy atom. The first-order valence-corrected chi connectivity index (χ1v) is 14.0. The van der Waals surface area contributed by atoms with Crippen LogP contribution >= 0.6 is 0 Å². The van der Waals surface area contributed by atoms with Gasteiger partial charge in [0.1, 0.15) is 5.70 Å². The molecule has 0 bridgehead atoms. The topological polar surface area (TPSA) is 144 Å². The normalized spacial score (nSPS) is 16.1. The molecule has 6 N–H and O–H groups in total. The third-order valence-corrected chi connectivity index (χ3v) is 6.15. The standard InChI is InChI=1S/C18H25F3N8O2.C6H10F2.C3H6/c1-11(2)29(23)14(6-22)17(31)25-9-13-10-28-15(27-13)5-12(8-26-28)7-24-16(30)3-4-18(19,20)21;7-6(8)4-2-1-3-5-6;1-2-3-1/h5-6,8,10-11H,3-4,7,9,22-23H2,1-2H3,(H,24,30)(H,25,31);1-5H2;1-3H2/b14-6-;;. The predicted molar refractivity (Wildman–Crippen MR) is 147 cm³/mol. The second kappa shape index (κ2) is 16.2. The molecule has 0 unspecified atom stereocenters. The monoisotopic (exact) mass is 604 g/mol. The number of carbonyl (C=O) groups is 2. The van der Waals surface area contributed by atoms with E-state index in [4.69, 9.17) is 11.6 Å². The first-order chi connectivity index (χ1) is 19.7. The van der Waals surface area contributed by atoms with Crippen molar-refractivity contribution in [3.63, 3.8) is 0 Å². The van der Waals surface area contributed by atoms with Crippen molar-refractivity contribution >= 4 is 17.5 Å². The minimum atomic E-state index is -4.38. The van der Waals surface area contributed by atoms with E-state index in [9.17, 15) is 31.5 Å². The summed E-state index contributed by atoms with van der Waals surface area (Å²) in [5.74, 6) is 2.32. The van der Waals surface area contributed by atoms with Crippen LogP contribution in [0.3, 0.4) is 0 Å². The van der Waals surface area contributed by atoms with E-state index < -0.39 is 36.8 Å². The van der Waals surface area contributed by atoms with Crippen molar-refractivity contribution in [3.05, 3.63) is 41.6 Å². The van der Waals surface area contributed by atoms with Crippen LogP contribution in [0.5, 0.6) is 0 Å². The summed E-state index contributed by atoms with van der Waals surface area (Å²) >= 11 is 0. The Hall–Kier alpha value is -3.49. The molecule has 2 aromatic rings. The van der Waals surface area contributed by atoms with E-state index in [0.717, 1.165) is 12.6 Å². The summed E-state index contributed by atoms with van der Waals surface area (Å²) in [5, 5.41) is 10.5. The van der Waals surface area contributed by atoms with E-state index in [2.05, 4.69) is 20.7 Å². The molecule has 2 aliphatic carbocycles. The van der Waals surface area contributed by atoms with Crippen molar-refractivity contribution in [1.29, 1.82) is 0 Å². The van der Waals surface area contributed by atoms with Crippen molar-refractivity contribution in [1.82, 2.24) is 30.2 Å². The smallest absolute Gasteiger partial charge is 0.389 e. The van der Waals surface area contributed by atoms with Gasteiger partial charge in [-0.1, -0.05) is 25.7 Å². The average Bonchev–Trinajstić information content (AvgIpc) is 3.75. The third-order valence-electron chi connectivity index (χ3n) is 6.15.